The van der Waals surface area contributed by atoms with E-state index in [2.05, 4.69) is 39.8 Å². The number of carbonyl (C=O) groups excluding carboxylic acids is 1. The van der Waals surface area contributed by atoms with Crippen LogP contribution in [0.2, 0.25) is 0 Å². The van der Waals surface area contributed by atoms with Crippen molar-refractivity contribution in [1.29, 1.82) is 0 Å². The summed E-state index contributed by atoms with van der Waals surface area (Å²) in [5, 5.41) is 0. The van der Waals surface area contributed by atoms with Gasteiger partial charge in [0.2, 0.25) is 0 Å². The third-order valence-corrected chi connectivity index (χ3v) is 5.87. The lowest BCUT2D eigenvalue weighted by Gasteiger charge is -2.48. The Morgan fingerprint density at radius 1 is 1.04 bits per heavy atom. The average molecular weight is 352 g/mol. The van der Waals surface area contributed by atoms with E-state index >= 15 is 0 Å². The van der Waals surface area contributed by atoms with Crippen molar-refractivity contribution in [3.05, 3.63) is 71.8 Å². The zero-order valence-corrected chi connectivity index (χ0v) is 16.2. The Bertz CT molecular complexity index is 728. The number of esters is 1. The number of rotatable bonds is 4. The minimum absolute atomic E-state index is 0.235. The lowest BCUT2D eigenvalue weighted by atomic mass is 9.73. The van der Waals surface area contributed by atoms with Crippen molar-refractivity contribution in [2.45, 2.75) is 51.8 Å². The second kappa shape index (κ2) is 7.63. The molecule has 0 aromatic heterocycles. The first kappa shape index (κ1) is 18.7. The normalized spacial score (nSPS) is 28.7. The number of hydrogen-bond acceptors (Lipinski definition) is 2. The lowest BCUT2D eigenvalue weighted by Crippen LogP contribution is -3.20. The van der Waals surface area contributed by atoms with E-state index in [0.29, 0.717) is 17.6 Å². The van der Waals surface area contributed by atoms with Gasteiger partial charge in [-0.2, -0.15) is 0 Å². The molecule has 0 bridgehead atoms. The monoisotopic (exact) mass is 352 g/mol. The molecule has 1 unspecified atom stereocenters. The van der Waals surface area contributed by atoms with Crippen LogP contribution in [0.5, 0.6) is 0 Å². The number of hydrogen-bond donors (Lipinski definition) is 1. The van der Waals surface area contributed by atoms with Crippen LogP contribution in [0.4, 0.5) is 0 Å². The summed E-state index contributed by atoms with van der Waals surface area (Å²) >= 11 is 0. The van der Waals surface area contributed by atoms with E-state index in [0.717, 1.165) is 18.5 Å². The zero-order valence-electron chi connectivity index (χ0n) is 16.2. The van der Waals surface area contributed by atoms with Crippen molar-refractivity contribution in [1.82, 2.24) is 0 Å². The third kappa shape index (κ3) is 3.54. The lowest BCUT2D eigenvalue weighted by molar-refractivity contribution is -0.955. The van der Waals surface area contributed by atoms with Gasteiger partial charge in [0.15, 0.2) is 5.60 Å². The van der Waals surface area contributed by atoms with Crippen molar-refractivity contribution in [2.75, 3.05) is 6.54 Å². The maximum atomic E-state index is 12.9. The Morgan fingerprint density at radius 3 is 2.19 bits per heavy atom. The molecule has 1 heterocycles. The maximum absolute atomic E-state index is 12.9. The SMILES string of the molecule is CC(C)[NH+]1C[C@@H](C)[C@](OC(=O)c2ccccc2)(c2ccccc2)C[C@@H]1C. The van der Waals surface area contributed by atoms with Crippen molar-refractivity contribution >= 4 is 5.97 Å². The quantitative estimate of drug-likeness (QED) is 0.854. The van der Waals surface area contributed by atoms with Crippen LogP contribution in [0.15, 0.2) is 60.7 Å². The molecule has 26 heavy (non-hydrogen) atoms. The molecule has 0 saturated carbocycles. The first-order chi connectivity index (χ1) is 12.4. The molecule has 3 rings (SSSR count). The van der Waals surface area contributed by atoms with E-state index < -0.39 is 5.60 Å². The second-order valence-corrected chi connectivity index (χ2v) is 7.95. The van der Waals surface area contributed by atoms with Crippen LogP contribution >= 0.6 is 0 Å². The van der Waals surface area contributed by atoms with Gasteiger partial charge in [0, 0.05) is 12.3 Å². The van der Waals surface area contributed by atoms with E-state index in [1.807, 2.05) is 48.5 Å². The minimum atomic E-state index is -0.577. The van der Waals surface area contributed by atoms with Crippen molar-refractivity contribution < 1.29 is 14.4 Å². The molecule has 1 aliphatic rings. The molecule has 2 aromatic carbocycles. The summed E-state index contributed by atoms with van der Waals surface area (Å²) in [6, 6.07) is 20.6. The fraction of sp³-hybridized carbons (Fsp3) is 0.435. The number of nitrogens with one attached hydrogen (secondary N) is 1. The Balaban J connectivity index is 1.97. The van der Waals surface area contributed by atoms with Crippen LogP contribution in [0.1, 0.15) is 50.0 Å². The molecule has 1 fully saturated rings. The first-order valence-electron chi connectivity index (χ1n) is 9.63. The van der Waals surface area contributed by atoms with E-state index in [1.165, 1.54) is 0 Å². The van der Waals surface area contributed by atoms with Gasteiger partial charge >= 0.3 is 5.97 Å². The second-order valence-electron chi connectivity index (χ2n) is 7.95. The number of likely N-dealkylation sites (tertiary alicyclic amines) is 1. The van der Waals surface area contributed by atoms with Crippen LogP contribution in [0.25, 0.3) is 0 Å². The summed E-state index contributed by atoms with van der Waals surface area (Å²) in [4.78, 5) is 14.5. The van der Waals surface area contributed by atoms with Gasteiger partial charge in [-0.3, -0.25) is 0 Å². The van der Waals surface area contributed by atoms with Crippen LogP contribution in [-0.2, 0) is 10.3 Å². The van der Waals surface area contributed by atoms with E-state index in [4.69, 9.17) is 4.74 Å². The Morgan fingerprint density at radius 2 is 1.62 bits per heavy atom. The van der Waals surface area contributed by atoms with Gasteiger partial charge in [-0.1, -0.05) is 55.5 Å². The summed E-state index contributed by atoms with van der Waals surface area (Å²) in [6.45, 7) is 10.0. The van der Waals surface area contributed by atoms with E-state index in [1.54, 1.807) is 4.90 Å². The highest BCUT2D eigenvalue weighted by atomic mass is 16.6. The third-order valence-electron chi connectivity index (χ3n) is 5.87. The molecule has 3 heteroatoms. The molecule has 3 nitrogen and oxygen atoms in total. The smallest absolute Gasteiger partial charge is 0.339 e. The number of piperidine rings is 1. The summed E-state index contributed by atoms with van der Waals surface area (Å²) < 4.78 is 6.31. The van der Waals surface area contributed by atoms with Gasteiger partial charge in [-0.05, 0) is 38.5 Å². The maximum Gasteiger partial charge on any atom is 0.339 e. The molecule has 138 valence electrons. The van der Waals surface area contributed by atoms with E-state index in [-0.39, 0.29) is 11.9 Å². The molecule has 0 amide bonds. The number of benzene rings is 2. The van der Waals surface area contributed by atoms with Crippen molar-refractivity contribution in [2.24, 2.45) is 5.92 Å². The average Bonchev–Trinajstić information content (AvgIpc) is 2.65. The summed E-state index contributed by atoms with van der Waals surface area (Å²) in [6.07, 6.45) is 0.838. The Labute approximate surface area is 157 Å². The Kier molecular flexibility index (Phi) is 5.47. The van der Waals surface area contributed by atoms with Gasteiger partial charge in [0.1, 0.15) is 0 Å². The van der Waals surface area contributed by atoms with E-state index in [9.17, 15) is 4.79 Å². The molecular formula is C23H30NO2+. The standard InChI is InChI=1S/C23H29NO2/c1-17(2)24-16-18(3)23(15-19(24)4,21-13-9-6-10-14-21)26-22(25)20-11-7-5-8-12-20/h5-14,17-19H,15-16H2,1-4H3/p+1/t18-,19+,23+/m1/s1. The molecular weight excluding hydrogens is 322 g/mol. The fourth-order valence-electron chi connectivity index (χ4n) is 4.43. The molecule has 1 aliphatic heterocycles. The highest BCUT2D eigenvalue weighted by Crippen LogP contribution is 2.40. The van der Waals surface area contributed by atoms with Gasteiger partial charge in [-0.25, -0.2) is 4.79 Å². The highest BCUT2D eigenvalue weighted by molar-refractivity contribution is 5.89. The van der Waals surface area contributed by atoms with Gasteiger partial charge in [0.05, 0.1) is 24.2 Å². The van der Waals surface area contributed by atoms with Crippen LogP contribution in [0.3, 0.4) is 0 Å². The van der Waals surface area contributed by atoms with Gasteiger partial charge in [0.25, 0.3) is 0 Å². The van der Waals surface area contributed by atoms with Crippen molar-refractivity contribution in [3.63, 3.8) is 0 Å². The summed E-state index contributed by atoms with van der Waals surface area (Å²) in [5.41, 5.74) is 1.14. The predicted molar refractivity (Wildman–Crippen MR) is 104 cm³/mol. The highest BCUT2D eigenvalue weighted by Gasteiger charge is 2.50. The fourth-order valence-corrected chi connectivity index (χ4v) is 4.43. The minimum Gasteiger partial charge on any atom is -0.450 e. The molecule has 0 spiro atoms. The molecule has 0 radical (unpaired) electrons. The van der Waals surface area contributed by atoms with Crippen molar-refractivity contribution in [3.8, 4) is 0 Å². The predicted octanol–water partition coefficient (Wildman–Crippen LogP) is 3.46. The number of quaternary nitrogens is 1. The number of ether oxygens (including phenoxy) is 1. The first-order valence-corrected chi connectivity index (χ1v) is 9.63. The van der Waals surface area contributed by atoms with Crippen LogP contribution in [0, 0.1) is 5.92 Å². The molecule has 2 aromatic rings. The zero-order chi connectivity index (χ0) is 18.7. The molecule has 0 aliphatic carbocycles. The largest absolute Gasteiger partial charge is 0.450 e. The van der Waals surface area contributed by atoms with Gasteiger partial charge in [-0.15, -0.1) is 0 Å². The topological polar surface area (TPSA) is 30.7 Å². The van der Waals surface area contributed by atoms with Gasteiger partial charge < -0.3 is 9.64 Å². The summed E-state index contributed by atoms with van der Waals surface area (Å²) in [7, 11) is 0. The van der Waals surface area contributed by atoms with Crippen LogP contribution < -0.4 is 4.90 Å². The van der Waals surface area contributed by atoms with Crippen LogP contribution in [-0.4, -0.2) is 24.6 Å². The number of carbonyl (C=O) groups is 1. The Hall–Kier alpha value is -2.13. The molecule has 1 N–H and O–H groups in total. The molecule has 4 atom stereocenters. The summed E-state index contributed by atoms with van der Waals surface area (Å²) in [5.74, 6) is 0.00709. The molecule has 1 saturated heterocycles.